The van der Waals surface area contributed by atoms with E-state index in [4.69, 9.17) is 28.9 Å². The minimum absolute atomic E-state index is 0.0524. The first-order chi connectivity index (χ1) is 11.1. The highest BCUT2D eigenvalue weighted by molar-refractivity contribution is 6.34. The van der Waals surface area contributed by atoms with Crippen LogP contribution in [-0.2, 0) is 6.18 Å². The number of carbonyl (C=O) groups excluding carboxylic acids is 1. The average molecular weight is 357 g/mol. The molecule has 0 heterocycles. The minimum Gasteiger partial charge on any atom is -0.398 e. The van der Waals surface area contributed by atoms with E-state index in [9.17, 15) is 18.0 Å². The van der Waals surface area contributed by atoms with Gasteiger partial charge in [0.25, 0.3) is 0 Å². The molecule has 0 unspecified atom stereocenters. The quantitative estimate of drug-likeness (QED) is 0.340. The van der Waals surface area contributed by atoms with Crippen molar-refractivity contribution in [2.75, 3.05) is 5.73 Å². The molecule has 0 radical (unpaired) electrons. The fourth-order valence-corrected chi connectivity index (χ4v) is 2.30. The highest BCUT2D eigenvalue weighted by Crippen LogP contribution is 2.31. The molecular weight excluding hydrogens is 345 g/mol. The van der Waals surface area contributed by atoms with Gasteiger partial charge in [0.2, 0.25) is 5.91 Å². The Kier molecular flexibility index (Phi) is 4.70. The summed E-state index contributed by atoms with van der Waals surface area (Å²) < 4.78 is 38.6. The summed E-state index contributed by atoms with van der Waals surface area (Å²) in [6.45, 7) is 0. The highest BCUT2D eigenvalue weighted by Gasteiger charge is 2.31. The van der Waals surface area contributed by atoms with Crippen LogP contribution >= 0.6 is 11.6 Å². The molecule has 24 heavy (non-hydrogen) atoms. The van der Waals surface area contributed by atoms with Gasteiger partial charge in [-0.1, -0.05) is 23.7 Å². The summed E-state index contributed by atoms with van der Waals surface area (Å²) >= 11 is 5.86. The van der Waals surface area contributed by atoms with Crippen molar-refractivity contribution in [3.8, 4) is 0 Å². The van der Waals surface area contributed by atoms with Gasteiger partial charge in [0, 0.05) is 11.1 Å². The standard InChI is InChI=1S/C15H12ClF3N4O/c16-11-5-10(14(21)24)9(6-12(11)20)13(23-22)7-2-1-3-8(4-7)15(17,18)19/h1-6H,20,22H2,(H2,21,24)/b23-13+. The summed E-state index contributed by atoms with van der Waals surface area (Å²) in [7, 11) is 0. The predicted octanol–water partition coefficient (Wildman–Crippen LogP) is 2.75. The maximum Gasteiger partial charge on any atom is 0.416 e. The molecule has 2 aromatic carbocycles. The van der Waals surface area contributed by atoms with Crippen LogP contribution in [0.5, 0.6) is 0 Å². The van der Waals surface area contributed by atoms with E-state index in [2.05, 4.69) is 5.10 Å². The van der Waals surface area contributed by atoms with Crippen molar-refractivity contribution in [3.63, 3.8) is 0 Å². The summed E-state index contributed by atoms with van der Waals surface area (Å²) in [5.41, 5.74) is 10.2. The molecular formula is C15H12ClF3N4O. The topological polar surface area (TPSA) is 107 Å². The molecule has 1 amide bonds. The van der Waals surface area contributed by atoms with Gasteiger partial charge in [0.1, 0.15) is 0 Å². The maximum absolute atomic E-state index is 12.9. The molecule has 2 rings (SSSR count). The Bertz CT molecular complexity index is 834. The molecule has 0 aliphatic carbocycles. The Labute approximate surface area is 139 Å². The SMILES string of the molecule is N/N=C(\c1cccc(C(F)(F)F)c1)c1cc(N)c(Cl)cc1C(N)=O. The molecule has 9 heteroatoms. The zero-order chi connectivity index (χ0) is 18.1. The third-order valence-electron chi connectivity index (χ3n) is 3.25. The molecule has 0 bridgehead atoms. The normalized spacial score (nSPS) is 12.2. The van der Waals surface area contributed by atoms with E-state index < -0.39 is 17.6 Å². The second-order valence-electron chi connectivity index (χ2n) is 4.84. The highest BCUT2D eigenvalue weighted by atomic mass is 35.5. The van der Waals surface area contributed by atoms with Gasteiger partial charge in [-0.25, -0.2) is 0 Å². The summed E-state index contributed by atoms with van der Waals surface area (Å²) in [5.74, 6) is 4.49. The molecule has 6 N–H and O–H groups in total. The monoisotopic (exact) mass is 356 g/mol. The summed E-state index contributed by atoms with van der Waals surface area (Å²) in [6.07, 6.45) is -4.54. The van der Waals surface area contributed by atoms with Crippen molar-refractivity contribution in [2.45, 2.75) is 6.18 Å². The van der Waals surface area contributed by atoms with Crippen molar-refractivity contribution in [3.05, 3.63) is 63.7 Å². The van der Waals surface area contributed by atoms with Crippen LogP contribution in [0.15, 0.2) is 41.5 Å². The molecule has 0 aliphatic heterocycles. The van der Waals surface area contributed by atoms with Crippen LogP contribution < -0.4 is 17.3 Å². The molecule has 2 aromatic rings. The van der Waals surface area contributed by atoms with Crippen LogP contribution in [0.1, 0.15) is 27.0 Å². The number of alkyl halides is 3. The van der Waals surface area contributed by atoms with Gasteiger partial charge in [-0.05, 0) is 24.3 Å². The van der Waals surface area contributed by atoms with E-state index in [1.807, 2.05) is 0 Å². The lowest BCUT2D eigenvalue weighted by Gasteiger charge is -2.13. The van der Waals surface area contributed by atoms with E-state index in [0.29, 0.717) is 0 Å². The number of nitrogens with zero attached hydrogens (tertiary/aromatic N) is 1. The zero-order valence-corrected chi connectivity index (χ0v) is 12.8. The van der Waals surface area contributed by atoms with Gasteiger partial charge in [0.05, 0.1) is 27.5 Å². The smallest absolute Gasteiger partial charge is 0.398 e. The molecule has 5 nitrogen and oxygen atoms in total. The Morgan fingerprint density at radius 2 is 1.79 bits per heavy atom. The van der Waals surface area contributed by atoms with Crippen molar-refractivity contribution in [2.24, 2.45) is 16.7 Å². The van der Waals surface area contributed by atoms with Crippen LogP contribution in [-0.4, -0.2) is 11.6 Å². The lowest BCUT2D eigenvalue weighted by Crippen LogP contribution is -2.19. The number of halogens is 4. The van der Waals surface area contributed by atoms with E-state index >= 15 is 0 Å². The first kappa shape index (κ1) is 17.6. The van der Waals surface area contributed by atoms with Gasteiger partial charge >= 0.3 is 6.18 Å². The third-order valence-corrected chi connectivity index (χ3v) is 3.58. The number of hydrogen-bond donors (Lipinski definition) is 3. The Morgan fingerprint density at radius 3 is 2.33 bits per heavy atom. The summed E-state index contributed by atoms with van der Waals surface area (Å²) in [6, 6.07) is 6.84. The zero-order valence-electron chi connectivity index (χ0n) is 12.1. The molecule has 0 saturated carbocycles. The second kappa shape index (κ2) is 6.40. The van der Waals surface area contributed by atoms with E-state index in [1.165, 1.54) is 24.3 Å². The fourth-order valence-electron chi connectivity index (χ4n) is 2.13. The largest absolute Gasteiger partial charge is 0.416 e. The predicted molar refractivity (Wildman–Crippen MR) is 85.7 cm³/mol. The third kappa shape index (κ3) is 3.43. The lowest BCUT2D eigenvalue weighted by molar-refractivity contribution is -0.137. The summed E-state index contributed by atoms with van der Waals surface area (Å²) in [4.78, 5) is 11.6. The fraction of sp³-hybridized carbons (Fsp3) is 0.0667. The van der Waals surface area contributed by atoms with Crippen LogP contribution in [0.4, 0.5) is 18.9 Å². The number of anilines is 1. The number of nitrogen functional groups attached to an aromatic ring is 1. The van der Waals surface area contributed by atoms with Crippen molar-refractivity contribution in [1.82, 2.24) is 0 Å². The van der Waals surface area contributed by atoms with Crippen LogP contribution in [0, 0.1) is 0 Å². The van der Waals surface area contributed by atoms with Crippen molar-refractivity contribution < 1.29 is 18.0 Å². The van der Waals surface area contributed by atoms with Gasteiger partial charge in [-0.2, -0.15) is 18.3 Å². The molecule has 0 atom stereocenters. The number of nitrogens with two attached hydrogens (primary N) is 3. The second-order valence-corrected chi connectivity index (χ2v) is 5.25. The van der Waals surface area contributed by atoms with Gasteiger partial charge < -0.3 is 17.3 Å². The number of benzene rings is 2. The maximum atomic E-state index is 12.9. The van der Waals surface area contributed by atoms with Gasteiger partial charge in [0.15, 0.2) is 0 Å². The Morgan fingerprint density at radius 1 is 1.12 bits per heavy atom. The van der Waals surface area contributed by atoms with Gasteiger partial charge in [-0.15, -0.1) is 0 Å². The number of hydrogen-bond acceptors (Lipinski definition) is 4. The average Bonchev–Trinajstić information content (AvgIpc) is 2.50. The van der Waals surface area contributed by atoms with E-state index in [0.717, 1.165) is 12.1 Å². The van der Waals surface area contributed by atoms with Crippen molar-refractivity contribution >= 4 is 28.9 Å². The molecule has 0 aromatic heterocycles. The van der Waals surface area contributed by atoms with Crippen LogP contribution in [0.2, 0.25) is 5.02 Å². The molecule has 0 aliphatic rings. The number of hydrazone groups is 1. The van der Waals surface area contributed by atoms with Crippen LogP contribution in [0.25, 0.3) is 0 Å². The Hall–Kier alpha value is -2.74. The first-order valence-electron chi connectivity index (χ1n) is 6.50. The van der Waals surface area contributed by atoms with Crippen molar-refractivity contribution in [1.29, 1.82) is 0 Å². The number of carbonyl (C=O) groups is 1. The lowest BCUT2D eigenvalue weighted by atomic mass is 9.95. The molecule has 126 valence electrons. The molecule has 0 saturated heterocycles. The molecule has 0 fully saturated rings. The Balaban J connectivity index is 2.67. The van der Waals surface area contributed by atoms with E-state index in [-0.39, 0.29) is 33.1 Å². The number of amides is 1. The minimum atomic E-state index is -4.54. The summed E-state index contributed by atoms with van der Waals surface area (Å²) in [5, 5.41) is 3.59. The van der Waals surface area contributed by atoms with Crippen LogP contribution in [0.3, 0.4) is 0 Å². The van der Waals surface area contributed by atoms with Gasteiger partial charge in [-0.3, -0.25) is 4.79 Å². The molecule has 0 spiro atoms. The first-order valence-corrected chi connectivity index (χ1v) is 6.87. The number of rotatable bonds is 3. The van der Waals surface area contributed by atoms with E-state index in [1.54, 1.807) is 0 Å². The number of primary amides is 1.